The Morgan fingerprint density at radius 1 is 1.14 bits per heavy atom. The van der Waals surface area contributed by atoms with Crippen LogP contribution in [-0.2, 0) is 25.3 Å². The summed E-state index contributed by atoms with van der Waals surface area (Å²) >= 11 is 0. The van der Waals surface area contributed by atoms with E-state index in [1.807, 2.05) is 30.3 Å². The van der Waals surface area contributed by atoms with Crippen LogP contribution in [0.3, 0.4) is 0 Å². The molecule has 0 saturated carbocycles. The molecule has 1 unspecified atom stereocenters. The Balaban J connectivity index is 2.24. The third-order valence-corrected chi connectivity index (χ3v) is 3.51. The van der Waals surface area contributed by atoms with E-state index in [1.54, 1.807) is 0 Å². The van der Waals surface area contributed by atoms with Gasteiger partial charge in [0.25, 0.3) is 0 Å². The van der Waals surface area contributed by atoms with Crippen molar-refractivity contribution in [1.29, 1.82) is 0 Å². The molecule has 1 rings (SSSR count). The Kier molecular flexibility index (Phi) is 7.41. The van der Waals surface area contributed by atoms with Crippen molar-refractivity contribution in [3.8, 4) is 0 Å². The number of ketones is 1. The number of ether oxygens (including phenoxy) is 1. The lowest BCUT2D eigenvalue weighted by Crippen LogP contribution is -2.21. The van der Waals surface area contributed by atoms with E-state index in [2.05, 4.69) is 0 Å². The van der Waals surface area contributed by atoms with Gasteiger partial charge in [-0.2, -0.15) is 0 Å². The summed E-state index contributed by atoms with van der Waals surface area (Å²) in [7, 11) is -4.44. The number of rotatable bonds is 9. The summed E-state index contributed by atoms with van der Waals surface area (Å²) in [5.74, 6) is -1.45. The Morgan fingerprint density at radius 2 is 1.77 bits per heavy atom. The fraction of sp³-hybridized carbons (Fsp3) is 0.429. The third kappa shape index (κ3) is 8.69. The van der Waals surface area contributed by atoms with Crippen molar-refractivity contribution < 1.29 is 33.8 Å². The minimum atomic E-state index is -4.44. The predicted molar refractivity (Wildman–Crippen MR) is 78.3 cm³/mol. The molecular weight excluding hydrogens is 311 g/mol. The molecule has 0 radical (unpaired) electrons. The smallest absolute Gasteiger partial charge is 0.332 e. The molecule has 0 amide bonds. The van der Waals surface area contributed by atoms with Gasteiger partial charge in [-0.25, -0.2) is 0 Å². The molecule has 0 bridgehead atoms. The van der Waals surface area contributed by atoms with E-state index in [0.717, 1.165) is 5.56 Å². The van der Waals surface area contributed by atoms with Crippen LogP contribution in [0.25, 0.3) is 0 Å². The van der Waals surface area contributed by atoms with Crippen LogP contribution in [0.1, 0.15) is 18.4 Å². The van der Waals surface area contributed by atoms with Gasteiger partial charge >= 0.3 is 13.6 Å². The fourth-order valence-corrected chi connectivity index (χ4v) is 2.40. The van der Waals surface area contributed by atoms with Gasteiger partial charge in [0.15, 0.2) is 0 Å². The molecule has 122 valence electrons. The maximum atomic E-state index is 11.5. The molecule has 0 spiro atoms. The van der Waals surface area contributed by atoms with Gasteiger partial charge in [0.1, 0.15) is 11.9 Å². The molecule has 1 aromatic rings. The third-order valence-electron chi connectivity index (χ3n) is 2.74. The lowest BCUT2D eigenvalue weighted by Gasteiger charge is -2.10. The second-order valence-corrected chi connectivity index (χ2v) is 6.53. The molecule has 8 heteroatoms. The van der Waals surface area contributed by atoms with Crippen LogP contribution in [0.15, 0.2) is 30.3 Å². The quantitative estimate of drug-likeness (QED) is 0.449. The summed E-state index contributed by atoms with van der Waals surface area (Å²) < 4.78 is 15.6. The van der Waals surface area contributed by atoms with Crippen molar-refractivity contribution in [3.05, 3.63) is 35.9 Å². The zero-order chi connectivity index (χ0) is 16.6. The largest absolute Gasteiger partial charge is 0.465 e. The predicted octanol–water partition coefficient (Wildman–Crippen LogP) is 0.660. The molecule has 7 nitrogen and oxygen atoms in total. The molecule has 0 aliphatic carbocycles. The Morgan fingerprint density at radius 3 is 2.36 bits per heavy atom. The van der Waals surface area contributed by atoms with E-state index in [1.165, 1.54) is 0 Å². The average molecular weight is 330 g/mol. The average Bonchev–Trinajstić information content (AvgIpc) is 2.37. The van der Waals surface area contributed by atoms with E-state index in [9.17, 15) is 19.3 Å². The molecule has 0 aromatic heterocycles. The minimum absolute atomic E-state index is 0.159. The summed E-state index contributed by atoms with van der Waals surface area (Å²) in [4.78, 5) is 40.0. The summed E-state index contributed by atoms with van der Waals surface area (Å²) in [5, 5.41) is 9.53. The number of Topliss-reactive ketones (excluding diaryl/α,β-unsaturated/α-hetero) is 1. The lowest BCUT2D eigenvalue weighted by molar-refractivity contribution is -0.145. The van der Waals surface area contributed by atoms with E-state index < -0.39 is 38.0 Å². The van der Waals surface area contributed by atoms with Crippen molar-refractivity contribution in [2.45, 2.75) is 25.4 Å². The summed E-state index contributed by atoms with van der Waals surface area (Å²) in [6, 6.07) is 9.40. The highest BCUT2D eigenvalue weighted by molar-refractivity contribution is 7.52. The molecule has 0 heterocycles. The Hall–Kier alpha value is -1.53. The standard InChI is InChI=1S/C14H19O7P/c15-12(8-13(16)10-22(18,19)20)9-14(17)21-7-6-11-4-2-1-3-5-11/h1-5,12,15H,6-10H2,(H2,18,19,20). The maximum absolute atomic E-state index is 11.5. The highest BCUT2D eigenvalue weighted by Gasteiger charge is 2.22. The van der Waals surface area contributed by atoms with Gasteiger partial charge in [-0.15, -0.1) is 0 Å². The minimum Gasteiger partial charge on any atom is -0.465 e. The van der Waals surface area contributed by atoms with Crippen molar-refractivity contribution in [2.75, 3.05) is 12.8 Å². The molecular formula is C14H19O7P. The first kappa shape index (κ1) is 18.5. The van der Waals surface area contributed by atoms with E-state index in [-0.39, 0.29) is 13.0 Å². The molecule has 1 atom stereocenters. The molecule has 1 aromatic carbocycles. The van der Waals surface area contributed by atoms with E-state index in [0.29, 0.717) is 6.42 Å². The molecule has 22 heavy (non-hydrogen) atoms. The number of carbonyl (C=O) groups is 2. The number of aliphatic hydroxyl groups excluding tert-OH is 1. The maximum Gasteiger partial charge on any atom is 0.332 e. The first-order chi connectivity index (χ1) is 10.3. The molecule has 0 aliphatic heterocycles. The van der Waals surface area contributed by atoms with Crippen LogP contribution in [-0.4, -0.2) is 45.5 Å². The highest BCUT2D eigenvalue weighted by Crippen LogP contribution is 2.34. The number of hydrogen-bond acceptors (Lipinski definition) is 5. The topological polar surface area (TPSA) is 121 Å². The molecule has 0 saturated heterocycles. The Bertz CT molecular complexity index is 537. The second-order valence-electron chi connectivity index (χ2n) is 4.88. The van der Waals surface area contributed by atoms with Crippen LogP contribution >= 0.6 is 7.60 Å². The summed E-state index contributed by atoms with van der Waals surface area (Å²) in [5.41, 5.74) is 1.01. The second kappa shape index (κ2) is 8.80. The van der Waals surface area contributed by atoms with Crippen LogP contribution in [0.5, 0.6) is 0 Å². The molecule has 0 fully saturated rings. The van der Waals surface area contributed by atoms with Crippen molar-refractivity contribution in [3.63, 3.8) is 0 Å². The highest BCUT2D eigenvalue weighted by atomic mass is 31.2. The monoisotopic (exact) mass is 330 g/mol. The van der Waals surface area contributed by atoms with Gasteiger partial charge in [0, 0.05) is 12.8 Å². The van der Waals surface area contributed by atoms with Gasteiger partial charge in [-0.3, -0.25) is 14.2 Å². The van der Waals surface area contributed by atoms with Gasteiger partial charge in [-0.05, 0) is 5.56 Å². The molecule has 0 aliphatic rings. The van der Waals surface area contributed by atoms with Crippen LogP contribution < -0.4 is 0 Å². The summed E-state index contributed by atoms with van der Waals surface area (Å²) in [6.07, 6.45) is -2.57. The van der Waals surface area contributed by atoms with Gasteiger partial charge < -0.3 is 19.6 Å². The number of aliphatic hydroxyl groups is 1. The van der Waals surface area contributed by atoms with E-state index in [4.69, 9.17) is 14.5 Å². The van der Waals surface area contributed by atoms with Crippen molar-refractivity contribution >= 4 is 19.3 Å². The van der Waals surface area contributed by atoms with E-state index >= 15 is 0 Å². The van der Waals surface area contributed by atoms with Crippen molar-refractivity contribution in [2.24, 2.45) is 0 Å². The van der Waals surface area contributed by atoms with Crippen LogP contribution in [0, 0.1) is 0 Å². The van der Waals surface area contributed by atoms with Crippen LogP contribution in [0.2, 0.25) is 0 Å². The van der Waals surface area contributed by atoms with Crippen LogP contribution in [0.4, 0.5) is 0 Å². The number of esters is 1. The molecule has 3 N–H and O–H groups in total. The SMILES string of the molecule is O=C(CC(O)CC(=O)OCCc1ccccc1)CP(=O)(O)O. The summed E-state index contributed by atoms with van der Waals surface area (Å²) in [6.45, 7) is 0.159. The zero-order valence-electron chi connectivity index (χ0n) is 11.9. The fourth-order valence-electron chi connectivity index (χ4n) is 1.81. The number of hydrogen-bond donors (Lipinski definition) is 3. The van der Waals surface area contributed by atoms with Crippen molar-refractivity contribution in [1.82, 2.24) is 0 Å². The number of carbonyl (C=O) groups excluding carboxylic acids is 2. The lowest BCUT2D eigenvalue weighted by atomic mass is 10.1. The Labute approximate surface area is 128 Å². The van der Waals surface area contributed by atoms with Gasteiger partial charge in [0.2, 0.25) is 0 Å². The zero-order valence-corrected chi connectivity index (χ0v) is 12.8. The first-order valence-corrected chi connectivity index (χ1v) is 8.50. The first-order valence-electron chi connectivity index (χ1n) is 6.70. The normalized spacial score (nSPS) is 12.7. The number of benzene rings is 1. The van der Waals surface area contributed by atoms with Gasteiger partial charge in [-0.1, -0.05) is 30.3 Å². The van der Waals surface area contributed by atoms with Gasteiger partial charge in [0.05, 0.1) is 19.1 Å².